The van der Waals surface area contributed by atoms with Crippen LogP contribution >= 0.6 is 0 Å². The van der Waals surface area contributed by atoms with Gasteiger partial charge in [0.05, 0.1) is 34.1 Å². The topological polar surface area (TPSA) is 208 Å². The number of aryl methyl sites for hydroxylation is 4. The molecule has 206 valence electrons. The molecule has 0 aromatic heterocycles. The zero-order valence-corrected chi connectivity index (χ0v) is 23.3. The molecule has 11 nitrogen and oxygen atoms in total. The molecule has 0 bridgehead atoms. The summed E-state index contributed by atoms with van der Waals surface area (Å²) in [4.78, 5) is -0.468. The SMILES string of the molecule is Cc1cc(-c2ccc(N=Nc3c(N)c(C)cc(S(=O)(=O)O)c3N)c(C)c2)ccc1N=Nc1c(N)ccc(C)c1N. The lowest BCUT2D eigenvalue weighted by Gasteiger charge is -2.11. The molecule has 4 rings (SSSR count). The third-order valence-electron chi connectivity index (χ3n) is 6.53. The van der Waals surface area contributed by atoms with E-state index in [4.69, 9.17) is 22.9 Å². The van der Waals surface area contributed by atoms with Gasteiger partial charge in [0.2, 0.25) is 0 Å². The molecule has 9 N–H and O–H groups in total. The Morgan fingerprint density at radius 1 is 0.575 bits per heavy atom. The van der Waals surface area contributed by atoms with Gasteiger partial charge in [0.25, 0.3) is 10.1 Å². The molecule has 0 unspecified atom stereocenters. The quantitative estimate of drug-likeness (QED) is 0.0949. The lowest BCUT2D eigenvalue weighted by atomic mass is 10.0. The summed E-state index contributed by atoms with van der Waals surface area (Å²) in [5.74, 6) is 0. The van der Waals surface area contributed by atoms with E-state index >= 15 is 0 Å². The largest absolute Gasteiger partial charge is 0.397 e. The van der Waals surface area contributed by atoms with Crippen LogP contribution in [0.2, 0.25) is 0 Å². The van der Waals surface area contributed by atoms with E-state index < -0.39 is 15.0 Å². The van der Waals surface area contributed by atoms with Crippen LogP contribution in [0.4, 0.5) is 45.5 Å². The number of benzene rings is 4. The minimum atomic E-state index is -4.56. The Balaban J connectivity index is 1.61. The zero-order chi connectivity index (χ0) is 29.4. The van der Waals surface area contributed by atoms with Gasteiger partial charge in [-0.1, -0.05) is 18.2 Å². The average Bonchev–Trinajstić information content (AvgIpc) is 2.89. The molecule has 0 heterocycles. The highest BCUT2D eigenvalue weighted by Gasteiger charge is 2.20. The summed E-state index contributed by atoms with van der Waals surface area (Å²) in [6.45, 7) is 7.28. The molecule has 0 fully saturated rings. The van der Waals surface area contributed by atoms with Crippen LogP contribution in [-0.4, -0.2) is 13.0 Å². The molecule has 0 saturated heterocycles. The second-order valence-corrected chi connectivity index (χ2v) is 10.9. The Kier molecular flexibility index (Phi) is 7.58. The molecule has 0 aliphatic rings. The summed E-state index contributed by atoms with van der Waals surface area (Å²) >= 11 is 0. The van der Waals surface area contributed by atoms with Gasteiger partial charge < -0.3 is 22.9 Å². The van der Waals surface area contributed by atoms with Crippen molar-refractivity contribution < 1.29 is 13.0 Å². The van der Waals surface area contributed by atoms with Crippen molar-refractivity contribution in [1.82, 2.24) is 0 Å². The third kappa shape index (κ3) is 5.63. The van der Waals surface area contributed by atoms with E-state index in [2.05, 4.69) is 20.5 Å². The number of azo groups is 2. The highest BCUT2D eigenvalue weighted by atomic mass is 32.2. The summed E-state index contributed by atoms with van der Waals surface area (Å²) < 4.78 is 32.9. The Hall–Kier alpha value is -4.81. The number of hydrogen-bond acceptors (Lipinski definition) is 10. The van der Waals surface area contributed by atoms with Crippen LogP contribution in [0.3, 0.4) is 0 Å². The van der Waals surface area contributed by atoms with Crippen LogP contribution in [-0.2, 0) is 10.1 Å². The Bertz CT molecular complexity index is 1820. The Labute approximate surface area is 232 Å². The maximum atomic E-state index is 11.7. The number of anilines is 4. The smallest absolute Gasteiger partial charge is 0.296 e. The first-order chi connectivity index (χ1) is 18.8. The third-order valence-corrected chi connectivity index (χ3v) is 7.43. The van der Waals surface area contributed by atoms with Crippen molar-refractivity contribution >= 4 is 55.6 Å². The van der Waals surface area contributed by atoms with Crippen molar-refractivity contribution in [2.45, 2.75) is 32.6 Å². The molecule has 0 saturated carbocycles. The molecule has 0 atom stereocenters. The van der Waals surface area contributed by atoms with Crippen LogP contribution in [0.25, 0.3) is 11.1 Å². The van der Waals surface area contributed by atoms with Gasteiger partial charge in [0, 0.05) is 0 Å². The summed E-state index contributed by atoms with van der Waals surface area (Å²) in [7, 11) is -4.56. The minimum absolute atomic E-state index is 0.0225. The molecular weight excluding hydrogens is 528 g/mol. The molecule has 0 amide bonds. The number of rotatable bonds is 6. The van der Waals surface area contributed by atoms with Crippen LogP contribution in [0, 0.1) is 27.7 Å². The van der Waals surface area contributed by atoms with E-state index in [0.717, 1.165) is 27.8 Å². The van der Waals surface area contributed by atoms with E-state index in [1.165, 1.54) is 6.07 Å². The second kappa shape index (κ2) is 10.8. The molecule has 4 aromatic carbocycles. The predicted octanol–water partition coefficient (Wildman–Crippen LogP) is 6.99. The van der Waals surface area contributed by atoms with Crippen molar-refractivity contribution in [2.24, 2.45) is 20.5 Å². The normalized spacial score (nSPS) is 12.0. The average molecular weight is 559 g/mol. The number of nitrogens with two attached hydrogens (primary N) is 4. The molecule has 0 spiro atoms. The maximum Gasteiger partial charge on any atom is 0.296 e. The van der Waals surface area contributed by atoms with Gasteiger partial charge in [-0.25, -0.2) is 0 Å². The molecule has 4 aromatic rings. The summed E-state index contributed by atoms with van der Waals surface area (Å²) in [6.07, 6.45) is 0. The standard InChI is InChI=1S/C28H30N8O3S/c1-14-5-8-20(29)27(24(14)30)35-33-21-9-6-18(11-15(21)2)19-7-10-22(16(3)12-19)34-36-28-25(31)17(4)13-23(26(28)32)40(37,38)39/h5-13H,29-32H2,1-4H3,(H,37,38,39). The minimum Gasteiger partial charge on any atom is -0.397 e. The summed E-state index contributed by atoms with van der Waals surface area (Å²) in [5.41, 5.74) is 31.5. The van der Waals surface area contributed by atoms with Gasteiger partial charge in [-0.2, -0.15) is 18.6 Å². The highest BCUT2D eigenvalue weighted by Crippen LogP contribution is 2.39. The van der Waals surface area contributed by atoms with Crippen molar-refractivity contribution in [1.29, 1.82) is 0 Å². The fraction of sp³-hybridized carbons (Fsp3) is 0.143. The first-order valence-electron chi connectivity index (χ1n) is 12.1. The van der Waals surface area contributed by atoms with E-state index in [-0.39, 0.29) is 17.1 Å². The molecule has 12 heteroatoms. The Morgan fingerprint density at radius 2 is 1.07 bits per heavy atom. The Morgan fingerprint density at radius 3 is 1.57 bits per heavy atom. The van der Waals surface area contributed by atoms with E-state index in [1.807, 2.05) is 57.2 Å². The predicted molar refractivity (Wildman–Crippen MR) is 160 cm³/mol. The van der Waals surface area contributed by atoms with Crippen LogP contribution in [0.15, 0.2) is 79.9 Å². The number of hydrogen-bond donors (Lipinski definition) is 5. The second-order valence-electron chi connectivity index (χ2n) is 9.48. The van der Waals surface area contributed by atoms with Gasteiger partial charge in [0.15, 0.2) is 0 Å². The summed E-state index contributed by atoms with van der Waals surface area (Å²) in [5, 5.41) is 17.0. The van der Waals surface area contributed by atoms with Crippen molar-refractivity contribution in [3.8, 4) is 11.1 Å². The highest BCUT2D eigenvalue weighted by molar-refractivity contribution is 7.86. The van der Waals surface area contributed by atoms with Crippen LogP contribution in [0.5, 0.6) is 0 Å². The maximum absolute atomic E-state index is 11.7. The van der Waals surface area contributed by atoms with Gasteiger partial charge in [-0.3, -0.25) is 4.55 Å². The van der Waals surface area contributed by atoms with Gasteiger partial charge in [0.1, 0.15) is 16.3 Å². The van der Waals surface area contributed by atoms with E-state index in [9.17, 15) is 13.0 Å². The van der Waals surface area contributed by atoms with Crippen LogP contribution in [0.1, 0.15) is 22.3 Å². The van der Waals surface area contributed by atoms with Crippen LogP contribution < -0.4 is 22.9 Å². The first kappa shape index (κ1) is 28.2. The molecule has 0 aliphatic carbocycles. The number of nitrogens with zero attached hydrogens (tertiary/aromatic N) is 4. The van der Waals surface area contributed by atoms with Crippen molar-refractivity contribution in [2.75, 3.05) is 22.9 Å². The first-order valence-corrected chi connectivity index (χ1v) is 13.6. The van der Waals surface area contributed by atoms with Gasteiger partial charge in [-0.05, 0) is 97.5 Å². The molecule has 40 heavy (non-hydrogen) atoms. The van der Waals surface area contributed by atoms with E-state index in [1.54, 1.807) is 19.1 Å². The van der Waals surface area contributed by atoms with Crippen molar-refractivity contribution in [3.63, 3.8) is 0 Å². The monoisotopic (exact) mass is 558 g/mol. The molecule has 0 radical (unpaired) electrons. The van der Waals surface area contributed by atoms with Gasteiger partial charge >= 0.3 is 0 Å². The fourth-order valence-electron chi connectivity index (χ4n) is 4.06. The van der Waals surface area contributed by atoms with Gasteiger partial charge in [-0.15, -0.1) is 10.2 Å². The number of nitrogen functional groups attached to an aromatic ring is 4. The molecular formula is C28H30N8O3S. The lowest BCUT2D eigenvalue weighted by molar-refractivity contribution is 0.483. The fourth-order valence-corrected chi connectivity index (χ4v) is 4.76. The molecule has 0 aliphatic heterocycles. The summed E-state index contributed by atoms with van der Waals surface area (Å²) in [6, 6.07) is 16.2. The van der Waals surface area contributed by atoms with Crippen molar-refractivity contribution in [3.05, 3.63) is 76.9 Å². The zero-order valence-electron chi connectivity index (χ0n) is 22.5. The lowest BCUT2D eigenvalue weighted by Crippen LogP contribution is -2.06. The van der Waals surface area contributed by atoms with E-state index in [0.29, 0.717) is 34.0 Å².